The van der Waals surface area contributed by atoms with Crippen LogP contribution in [-0.4, -0.2) is 57.9 Å². The first-order valence-electron chi connectivity index (χ1n) is 17.9. The number of phenolic OH excluding ortho intramolecular Hbond substituents is 2. The number of phenols is 2. The fourth-order valence-electron chi connectivity index (χ4n) is 5.93. The van der Waals surface area contributed by atoms with Crippen LogP contribution in [0.5, 0.6) is 23.0 Å². The number of benzene rings is 6. The Hall–Kier alpha value is -6.42. The molecule has 6 aromatic carbocycles. The van der Waals surface area contributed by atoms with Crippen molar-refractivity contribution in [3.63, 3.8) is 0 Å². The number of methoxy groups -OCH3 is 1. The van der Waals surface area contributed by atoms with Crippen molar-refractivity contribution >= 4 is 73.2 Å². The minimum atomic E-state index is -0.174. The SMILES string of the molecule is CNCO.COc1cc(N=Nc2c(C)cc3cc(NCOc4ccc(Nc5ncnc(Cl)n5)cc4)ccc3c2O)c(O)cc1N=Nc1ccc2c(C)cc(C)cc2c1.[Cu]. The number of aliphatic hydroxyl groups excluding tert-OH is 1. The maximum Gasteiger partial charge on any atom is 0.231 e. The van der Waals surface area contributed by atoms with Crippen molar-refractivity contribution in [1.82, 2.24) is 20.3 Å². The van der Waals surface area contributed by atoms with E-state index in [2.05, 4.69) is 77.3 Å². The van der Waals surface area contributed by atoms with Crippen molar-refractivity contribution in [2.75, 3.05) is 38.3 Å². The second kappa shape index (κ2) is 20.3. The summed E-state index contributed by atoms with van der Waals surface area (Å²) in [6.45, 7) is 6.24. The maximum atomic E-state index is 11.2. The summed E-state index contributed by atoms with van der Waals surface area (Å²) >= 11 is 5.82. The van der Waals surface area contributed by atoms with Gasteiger partial charge in [0.1, 0.15) is 40.6 Å². The molecule has 7 aromatic rings. The topological polar surface area (TPSA) is 203 Å². The summed E-state index contributed by atoms with van der Waals surface area (Å²) in [7, 11) is 3.18. The van der Waals surface area contributed by atoms with E-state index < -0.39 is 0 Å². The van der Waals surface area contributed by atoms with E-state index in [4.69, 9.17) is 26.2 Å². The number of halogens is 1. The Kier molecular flexibility index (Phi) is 15.1. The number of nitrogens with one attached hydrogen (secondary N) is 3. The Morgan fingerprint density at radius 2 is 1.46 bits per heavy atom. The van der Waals surface area contributed by atoms with E-state index in [0.717, 1.165) is 27.5 Å². The molecule has 17 heteroatoms. The van der Waals surface area contributed by atoms with Gasteiger partial charge in [0, 0.05) is 46.0 Å². The molecule has 0 fully saturated rings. The van der Waals surface area contributed by atoms with Crippen molar-refractivity contribution in [2.45, 2.75) is 20.8 Å². The molecule has 1 radical (unpaired) electrons. The van der Waals surface area contributed by atoms with Crippen molar-refractivity contribution in [1.29, 1.82) is 0 Å². The molecule has 0 saturated heterocycles. The van der Waals surface area contributed by atoms with Gasteiger partial charge in [0.15, 0.2) is 12.5 Å². The third-order valence-corrected chi connectivity index (χ3v) is 8.88. The van der Waals surface area contributed by atoms with Gasteiger partial charge in [0.05, 0.1) is 19.5 Å². The third-order valence-electron chi connectivity index (χ3n) is 8.70. The third kappa shape index (κ3) is 11.2. The van der Waals surface area contributed by atoms with Crippen molar-refractivity contribution in [3.8, 4) is 23.0 Å². The van der Waals surface area contributed by atoms with Crippen LogP contribution in [0.2, 0.25) is 5.28 Å². The van der Waals surface area contributed by atoms with Crippen LogP contribution >= 0.6 is 11.6 Å². The van der Waals surface area contributed by atoms with E-state index in [1.807, 2.05) is 67.6 Å². The summed E-state index contributed by atoms with van der Waals surface area (Å²) in [5.41, 5.74) is 5.99. The summed E-state index contributed by atoms with van der Waals surface area (Å²) in [5, 5.41) is 59.6. The van der Waals surface area contributed by atoms with Gasteiger partial charge in [0.25, 0.3) is 0 Å². The minimum Gasteiger partial charge on any atom is -0.506 e. The number of hydrogen-bond donors (Lipinski definition) is 6. The molecular weight excluding hydrogens is 824 g/mol. The number of aliphatic hydroxyl groups is 1. The average Bonchev–Trinajstić information content (AvgIpc) is 3.21. The first kappa shape index (κ1) is 43.7. The molecule has 0 aliphatic rings. The molecule has 0 spiro atoms. The molecule has 0 unspecified atom stereocenters. The van der Waals surface area contributed by atoms with E-state index in [1.54, 1.807) is 13.1 Å². The van der Waals surface area contributed by atoms with Crippen LogP contribution in [-0.2, 0) is 17.1 Å². The van der Waals surface area contributed by atoms with Crippen LogP contribution in [0.4, 0.5) is 40.1 Å². The van der Waals surface area contributed by atoms with Gasteiger partial charge in [-0.1, -0.05) is 23.8 Å². The van der Waals surface area contributed by atoms with Crippen LogP contribution in [0, 0.1) is 20.8 Å². The number of fused-ring (bicyclic) bond motifs is 2. The number of aromatic nitrogens is 3. The number of aryl methyl sites for hydroxylation is 3. The van der Waals surface area contributed by atoms with Gasteiger partial charge >= 0.3 is 0 Å². The number of ether oxygens (including phenoxy) is 2. The quantitative estimate of drug-likeness (QED) is 0.0387. The van der Waals surface area contributed by atoms with E-state index in [0.29, 0.717) is 39.8 Å². The molecule has 15 nitrogen and oxygen atoms in total. The van der Waals surface area contributed by atoms with Crippen molar-refractivity contribution in [2.24, 2.45) is 20.5 Å². The standard InChI is InChI=1S/C40H34ClN9O4.C2H7NO.Cu/c1-22-13-23(2)31-11-8-29(17-25(31)14-22)47-49-34-18-35(51)33(19-36(34)53-4)48-50-37-24(3)15-26-16-28(7-12-32(26)38(37)52)44-21-54-30-9-5-27(6-10-30)45-40-43-20-42-39(41)46-40;1-3-2-4;/h5-20,44,51-52H,21H2,1-4H3,(H,42,43,45,46);3-4H,2H2,1H3;. The molecule has 0 amide bonds. The Bertz CT molecular complexity index is 2630. The zero-order valence-corrected chi connectivity index (χ0v) is 34.3. The predicted molar refractivity (Wildman–Crippen MR) is 227 cm³/mol. The largest absolute Gasteiger partial charge is 0.506 e. The Balaban J connectivity index is 0.00000127. The molecule has 307 valence electrons. The normalized spacial score (nSPS) is 11.0. The van der Waals surface area contributed by atoms with Crippen LogP contribution < -0.4 is 25.4 Å². The van der Waals surface area contributed by atoms with E-state index in [9.17, 15) is 10.2 Å². The first-order valence-corrected chi connectivity index (χ1v) is 18.3. The summed E-state index contributed by atoms with van der Waals surface area (Å²) in [6, 6.07) is 27.8. The Labute approximate surface area is 355 Å². The van der Waals surface area contributed by atoms with E-state index in [1.165, 1.54) is 36.7 Å². The molecule has 0 atom stereocenters. The molecule has 1 aromatic heterocycles. The molecule has 59 heavy (non-hydrogen) atoms. The maximum absolute atomic E-state index is 11.2. The van der Waals surface area contributed by atoms with Crippen molar-refractivity contribution in [3.05, 3.63) is 119 Å². The minimum absolute atomic E-state index is 0. The van der Waals surface area contributed by atoms with Crippen LogP contribution in [0.15, 0.2) is 118 Å². The van der Waals surface area contributed by atoms with Gasteiger partial charge in [-0.05, 0) is 127 Å². The smallest absolute Gasteiger partial charge is 0.231 e. The fraction of sp³-hybridized carbons (Fsp3) is 0.167. The average molecular weight is 865 g/mol. The molecular formula is C42H41ClCuN10O5. The molecule has 0 aliphatic carbocycles. The summed E-state index contributed by atoms with van der Waals surface area (Å²) < 4.78 is 11.4. The zero-order valence-electron chi connectivity index (χ0n) is 32.6. The van der Waals surface area contributed by atoms with Gasteiger partial charge in [-0.25, -0.2) is 9.97 Å². The number of aromatic hydroxyl groups is 2. The van der Waals surface area contributed by atoms with Crippen LogP contribution in [0.25, 0.3) is 21.5 Å². The molecule has 0 bridgehead atoms. The van der Waals surface area contributed by atoms with Crippen LogP contribution in [0.1, 0.15) is 16.7 Å². The number of anilines is 3. The van der Waals surface area contributed by atoms with Crippen LogP contribution in [0.3, 0.4) is 0 Å². The number of nitrogens with zero attached hydrogens (tertiary/aromatic N) is 7. The van der Waals surface area contributed by atoms with Gasteiger partial charge < -0.3 is 35.4 Å². The molecule has 0 saturated carbocycles. The van der Waals surface area contributed by atoms with Gasteiger partial charge in [-0.2, -0.15) is 10.1 Å². The summed E-state index contributed by atoms with van der Waals surface area (Å²) in [6.07, 6.45) is 1.33. The molecule has 6 N–H and O–H groups in total. The van der Waals surface area contributed by atoms with Gasteiger partial charge in [0.2, 0.25) is 11.2 Å². The summed E-state index contributed by atoms with van der Waals surface area (Å²) in [5.74, 6) is 1.12. The van der Waals surface area contributed by atoms with E-state index >= 15 is 0 Å². The number of rotatable bonds is 12. The monoisotopic (exact) mass is 863 g/mol. The number of hydrogen-bond acceptors (Lipinski definition) is 15. The van der Waals surface area contributed by atoms with Crippen molar-refractivity contribution < 1.29 is 41.9 Å². The second-order valence-electron chi connectivity index (χ2n) is 12.9. The zero-order chi connectivity index (χ0) is 41.2. The predicted octanol–water partition coefficient (Wildman–Crippen LogP) is 10.4. The molecule has 7 rings (SSSR count). The van der Waals surface area contributed by atoms with E-state index in [-0.39, 0.29) is 58.7 Å². The second-order valence-corrected chi connectivity index (χ2v) is 13.3. The first-order chi connectivity index (χ1) is 28.0. The fourth-order valence-corrected chi connectivity index (χ4v) is 6.06. The summed E-state index contributed by atoms with van der Waals surface area (Å²) in [4.78, 5) is 11.8. The Morgan fingerprint density at radius 3 is 2.19 bits per heavy atom. The molecule has 1 heterocycles. The van der Waals surface area contributed by atoms with Gasteiger partial charge in [-0.15, -0.1) is 15.3 Å². The Morgan fingerprint density at radius 1 is 0.746 bits per heavy atom. The van der Waals surface area contributed by atoms with Gasteiger partial charge in [-0.3, -0.25) is 5.32 Å². The number of azo groups is 2. The molecule has 0 aliphatic heterocycles.